The van der Waals surface area contributed by atoms with E-state index in [4.69, 9.17) is 0 Å². The first kappa shape index (κ1) is 15.5. The summed E-state index contributed by atoms with van der Waals surface area (Å²) in [6.07, 6.45) is 2.69. The minimum atomic E-state index is -0.0505. The Bertz CT molecular complexity index is 542. The van der Waals surface area contributed by atoms with Crippen molar-refractivity contribution in [2.75, 3.05) is 13.6 Å². The number of nitrogens with one attached hydrogen (secondary N) is 1. The summed E-state index contributed by atoms with van der Waals surface area (Å²) in [4.78, 5) is 17.8. The molecule has 112 valence electrons. The van der Waals surface area contributed by atoms with Gasteiger partial charge in [0.15, 0.2) is 0 Å². The zero-order valence-corrected chi connectivity index (χ0v) is 13.3. The van der Waals surface area contributed by atoms with E-state index >= 15 is 0 Å². The molecule has 0 saturated carbocycles. The van der Waals surface area contributed by atoms with Crippen molar-refractivity contribution < 1.29 is 4.79 Å². The first-order valence-electron chi connectivity index (χ1n) is 7.09. The average molecular weight is 303 g/mol. The Labute approximate surface area is 129 Å². The molecule has 0 aliphatic carbocycles. The lowest BCUT2D eigenvalue weighted by Gasteiger charge is -2.18. The number of rotatable bonds is 6. The highest BCUT2D eigenvalue weighted by Crippen LogP contribution is 2.17. The maximum absolute atomic E-state index is 12.0. The summed E-state index contributed by atoms with van der Waals surface area (Å²) in [5.41, 5.74) is 1.31. The van der Waals surface area contributed by atoms with Crippen LogP contribution in [0.3, 0.4) is 0 Å². The molecule has 5 heteroatoms. The van der Waals surface area contributed by atoms with Gasteiger partial charge in [-0.2, -0.15) is 0 Å². The molecule has 0 radical (unpaired) electrons. The molecule has 2 rings (SSSR count). The molecule has 2 aromatic rings. The molecule has 0 aliphatic rings. The van der Waals surface area contributed by atoms with Crippen molar-refractivity contribution in [1.82, 2.24) is 15.2 Å². The second-order valence-electron chi connectivity index (χ2n) is 5.11. The van der Waals surface area contributed by atoms with Crippen molar-refractivity contribution in [2.45, 2.75) is 25.8 Å². The van der Waals surface area contributed by atoms with Crippen LogP contribution in [0.2, 0.25) is 0 Å². The van der Waals surface area contributed by atoms with Crippen LogP contribution in [0.4, 0.5) is 4.79 Å². The molecule has 1 atom stereocenters. The van der Waals surface area contributed by atoms with Gasteiger partial charge in [0.1, 0.15) is 5.01 Å². The molecule has 2 amide bonds. The van der Waals surface area contributed by atoms with Gasteiger partial charge in [0.05, 0.1) is 6.54 Å². The first-order chi connectivity index (χ1) is 10.2. The van der Waals surface area contributed by atoms with Gasteiger partial charge in [-0.25, -0.2) is 9.78 Å². The molecule has 1 N–H and O–H groups in total. The van der Waals surface area contributed by atoms with Gasteiger partial charge >= 0.3 is 6.03 Å². The molecule has 0 fully saturated rings. The van der Waals surface area contributed by atoms with Crippen molar-refractivity contribution in [3.05, 3.63) is 52.5 Å². The van der Waals surface area contributed by atoms with Crippen LogP contribution in [0, 0.1) is 0 Å². The minimum absolute atomic E-state index is 0.0505. The number of hydrogen-bond donors (Lipinski definition) is 1. The molecule has 0 spiro atoms. The number of carbonyl (C=O) groups is 1. The predicted octanol–water partition coefficient (Wildman–Crippen LogP) is 3.48. The first-order valence-corrected chi connectivity index (χ1v) is 7.97. The number of carbonyl (C=O) groups excluding carboxylic acids is 1. The van der Waals surface area contributed by atoms with Crippen LogP contribution in [0.5, 0.6) is 0 Å². The van der Waals surface area contributed by atoms with Crippen LogP contribution in [-0.4, -0.2) is 29.5 Å². The Balaban J connectivity index is 1.71. The summed E-state index contributed by atoms with van der Waals surface area (Å²) in [6.45, 7) is 3.41. The normalized spacial score (nSPS) is 11.9. The number of amides is 2. The molecule has 0 unspecified atom stereocenters. The van der Waals surface area contributed by atoms with Crippen LogP contribution in [0.25, 0.3) is 0 Å². The lowest BCUT2D eigenvalue weighted by molar-refractivity contribution is 0.206. The Hall–Kier alpha value is -1.88. The zero-order valence-electron chi connectivity index (χ0n) is 12.5. The summed E-state index contributed by atoms with van der Waals surface area (Å²) >= 11 is 1.56. The fourth-order valence-corrected chi connectivity index (χ4v) is 2.75. The molecular formula is C16H21N3OS. The maximum atomic E-state index is 12.0. The lowest BCUT2D eigenvalue weighted by Crippen LogP contribution is -2.37. The van der Waals surface area contributed by atoms with E-state index in [9.17, 15) is 4.79 Å². The van der Waals surface area contributed by atoms with E-state index in [1.54, 1.807) is 29.5 Å². The molecule has 1 aromatic heterocycles. The SMILES string of the molecule is C[C@H](CCNC(=O)N(C)Cc1nccs1)c1ccccc1. The number of nitrogens with zero attached hydrogens (tertiary/aromatic N) is 2. The highest BCUT2D eigenvalue weighted by atomic mass is 32.1. The van der Waals surface area contributed by atoms with Crippen molar-refractivity contribution >= 4 is 17.4 Å². The predicted molar refractivity (Wildman–Crippen MR) is 86.5 cm³/mol. The highest BCUT2D eigenvalue weighted by Gasteiger charge is 2.11. The second-order valence-corrected chi connectivity index (χ2v) is 6.09. The maximum Gasteiger partial charge on any atom is 0.317 e. The van der Waals surface area contributed by atoms with Crippen LogP contribution in [-0.2, 0) is 6.54 Å². The number of thiazole rings is 1. The summed E-state index contributed by atoms with van der Waals surface area (Å²) in [5, 5.41) is 5.83. The highest BCUT2D eigenvalue weighted by molar-refractivity contribution is 7.09. The van der Waals surface area contributed by atoms with E-state index in [-0.39, 0.29) is 6.03 Å². The lowest BCUT2D eigenvalue weighted by atomic mass is 9.98. The fraction of sp³-hybridized carbons (Fsp3) is 0.375. The van der Waals surface area contributed by atoms with Gasteiger partial charge in [-0.3, -0.25) is 0 Å². The van der Waals surface area contributed by atoms with Gasteiger partial charge in [0.25, 0.3) is 0 Å². The largest absolute Gasteiger partial charge is 0.338 e. The van der Waals surface area contributed by atoms with Gasteiger partial charge < -0.3 is 10.2 Å². The van der Waals surface area contributed by atoms with E-state index in [2.05, 4.69) is 29.4 Å². The smallest absolute Gasteiger partial charge is 0.317 e. The van der Waals surface area contributed by atoms with Gasteiger partial charge in [-0.1, -0.05) is 37.3 Å². The van der Waals surface area contributed by atoms with Crippen LogP contribution < -0.4 is 5.32 Å². The van der Waals surface area contributed by atoms with Crippen LogP contribution in [0.1, 0.15) is 29.8 Å². The fourth-order valence-electron chi connectivity index (χ4n) is 2.08. The number of hydrogen-bond acceptors (Lipinski definition) is 3. The van der Waals surface area contributed by atoms with Crippen molar-refractivity contribution in [1.29, 1.82) is 0 Å². The number of benzene rings is 1. The van der Waals surface area contributed by atoms with E-state index in [1.807, 2.05) is 23.6 Å². The summed E-state index contributed by atoms with van der Waals surface area (Å²) in [5.74, 6) is 0.441. The Morgan fingerprint density at radius 2 is 2.14 bits per heavy atom. The average Bonchev–Trinajstić information content (AvgIpc) is 3.00. The topological polar surface area (TPSA) is 45.2 Å². The molecule has 0 saturated heterocycles. The molecular weight excluding hydrogens is 282 g/mol. The number of aromatic nitrogens is 1. The quantitative estimate of drug-likeness (QED) is 0.888. The Kier molecular flexibility index (Phi) is 5.75. The summed E-state index contributed by atoms with van der Waals surface area (Å²) in [7, 11) is 1.79. The standard InChI is InChI=1S/C16H21N3OS/c1-13(14-6-4-3-5-7-14)8-9-18-16(20)19(2)12-15-17-10-11-21-15/h3-7,10-11,13H,8-9,12H2,1-2H3,(H,18,20)/t13-/m1/s1. The van der Waals surface area contributed by atoms with Gasteiger partial charge in [-0.05, 0) is 17.9 Å². The van der Waals surface area contributed by atoms with Crippen molar-refractivity contribution in [3.8, 4) is 0 Å². The number of urea groups is 1. The monoisotopic (exact) mass is 303 g/mol. The third-order valence-electron chi connectivity index (χ3n) is 3.42. The summed E-state index contributed by atoms with van der Waals surface area (Å²) in [6, 6.07) is 10.3. The van der Waals surface area contributed by atoms with Crippen LogP contribution >= 0.6 is 11.3 Å². The van der Waals surface area contributed by atoms with Crippen molar-refractivity contribution in [3.63, 3.8) is 0 Å². The molecule has 0 bridgehead atoms. The Morgan fingerprint density at radius 3 is 2.81 bits per heavy atom. The van der Waals surface area contributed by atoms with Crippen molar-refractivity contribution in [2.24, 2.45) is 0 Å². The van der Waals surface area contributed by atoms with Gasteiger partial charge in [0, 0.05) is 25.2 Å². The van der Waals surface area contributed by atoms with E-state index in [0.717, 1.165) is 11.4 Å². The van der Waals surface area contributed by atoms with Gasteiger partial charge in [-0.15, -0.1) is 11.3 Å². The second kappa shape index (κ2) is 7.78. The zero-order chi connectivity index (χ0) is 15.1. The van der Waals surface area contributed by atoms with E-state index in [1.165, 1.54) is 5.56 Å². The Morgan fingerprint density at radius 1 is 1.38 bits per heavy atom. The molecule has 21 heavy (non-hydrogen) atoms. The third kappa shape index (κ3) is 4.86. The minimum Gasteiger partial charge on any atom is -0.338 e. The van der Waals surface area contributed by atoms with Crippen LogP contribution in [0.15, 0.2) is 41.9 Å². The molecule has 1 heterocycles. The molecule has 0 aliphatic heterocycles. The van der Waals surface area contributed by atoms with E-state index < -0.39 is 0 Å². The van der Waals surface area contributed by atoms with Gasteiger partial charge in [0.2, 0.25) is 0 Å². The molecule has 1 aromatic carbocycles. The van der Waals surface area contributed by atoms with E-state index in [0.29, 0.717) is 19.0 Å². The third-order valence-corrected chi connectivity index (χ3v) is 4.19. The summed E-state index contributed by atoms with van der Waals surface area (Å²) < 4.78 is 0. The molecule has 4 nitrogen and oxygen atoms in total.